The highest BCUT2D eigenvalue weighted by molar-refractivity contribution is 5.88. The lowest BCUT2D eigenvalue weighted by Gasteiger charge is -2.15. The Balaban J connectivity index is 2.66. The average Bonchev–Trinajstić information content (AvgIpc) is 2.17. The maximum Gasteiger partial charge on any atom is 0.353 e. The van der Waals surface area contributed by atoms with Crippen LogP contribution in [0.3, 0.4) is 0 Å². The van der Waals surface area contributed by atoms with Crippen LogP contribution < -0.4 is 5.73 Å². The first-order valence-electron chi connectivity index (χ1n) is 4.31. The van der Waals surface area contributed by atoms with Crippen LogP contribution in [0.25, 0.3) is 0 Å². The van der Waals surface area contributed by atoms with Crippen LogP contribution in [0.5, 0.6) is 0 Å². The molecule has 2 N–H and O–H groups in total. The summed E-state index contributed by atoms with van der Waals surface area (Å²) in [5, 5.41) is 0. The van der Waals surface area contributed by atoms with Gasteiger partial charge in [0.1, 0.15) is 5.70 Å². The number of rotatable bonds is 1. The Kier molecular flexibility index (Phi) is 3.14. The summed E-state index contributed by atoms with van der Waals surface area (Å²) in [7, 11) is 1.36. The molecule has 0 heterocycles. The minimum absolute atomic E-state index is 0.331. The number of carbonyl (C=O) groups is 1. The SMILES string of the molecule is COC(=O)C(N)=C1CCCCC1. The van der Waals surface area contributed by atoms with Crippen LogP contribution in [0, 0.1) is 0 Å². The molecule has 1 fully saturated rings. The molecule has 0 atom stereocenters. The van der Waals surface area contributed by atoms with Gasteiger partial charge in [0.2, 0.25) is 0 Å². The highest BCUT2D eigenvalue weighted by atomic mass is 16.5. The maximum atomic E-state index is 11.0. The van der Waals surface area contributed by atoms with Crippen LogP contribution in [0.15, 0.2) is 11.3 Å². The topological polar surface area (TPSA) is 52.3 Å². The number of allylic oxidation sites excluding steroid dienone is 1. The number of esters is 1. The molecule has 0 aromatic carbocycles. The predicted octanol–water partition coefficient (Wildman–Crippen LogP) is 1.34. The fourth-order valence-corrected chi connectivity index (χ4v) is 1.50. The number of methoxy groups -OCH3 is 1. The van der Waals surface area contributed by atoms with E-state index in [9.17, 15) is 4.79 Å². The number of ether oxygens (including phenoxy) is 1. The summed E-state index contributed by atoms with van der Waals surface area (Å²) in [4.78, 5) is 11.0. The van der Waals surface area contributed by atoms with E-state index in [1.807, 2.05) is 0 Å². The summed E-state index contributed by atoms with van der Waals surface area (Å²) >= 11 is 0. The Labute approximate surface area is 72.6 Å². The van der Waals surface area contributed by atoms with Crippen LogP contribution in [-0.4, -0.2) is 13.1 Å². The zero-order chi connectivity index (χ0) is 8.97. The molecule has 0 amide bonds. The fraction of sp³-hybridized carbons (Fsp3) is 0.667. The lowest BCUT2D eigenvalue weighted by molar-refractivity contribution is -0.136. The standard InChI is InChI=1S/C9H15NO2/c1-12-9(11)8(10)7-5-3-2-4-6-7/h2-6,10H2,1H3. The number of carbonyl (C=O) groups excluding carboxylic acids is 1. The monoisotopic (exact) mass is 169 g/mol. The van der Waals surface area contributed by atoms with Gasteiger partial charge >= 0.3 is 5.97 Å². The molecule has 0 bridgehead atoms. The minimum Gasteiger partial charge on any atom is -0.464 e. The van der Waals surface area contributed by atoms with Crippen molar-refractivity contribution in [2.75, 3.05) is 7.11 Å². The first kappa shape index (κ1) is 9.10. The second kappa shape index (κ2) is 4.14. The normalized spacial score (nSPS) is 17.2. The summed E-state index contributed by atoms with van der Waals surface area (Å²) < 4.78 is 4.54. The quantitative estimate of drug-likeness (QED) is 0.476. The molecule has 1 saturated carbocycles. The van der Waals surface area contributed by atoms with Gasteiger partial charge in [0, 0.05) is 0 Å². The molecule has 12 heavy (non-hydrogen) atoms. The van der Waals surface area contributed by atoms with E-state index in [4.69, 9.17) is 5.73 Å². The molecular formula is C9H15NO2. The molecule has 0 saturated heterocycles. The van der Waals surface area contributed by atoms with Crippen molar-refractivity contribution >= 4 is 5.97 Å². The van der Waals surface area contributed by atoms with Crippen molar-refractivity contribution in [3.63, 3.8) is 0 Å². The minimum atomic E-state index is -0.382. The highest BCUT2D eigenvalue weighted by Gasteiger charge is 2.14. The van der Waals surface area contributed by atoms with Crippen molar-refractivity contribution in [2.24, 2.45) is 5.73 Å². The molecule has 0 unspecified atom stereocenters. The molecular weight excluding hydrogens is 154 g/mol. The van der Waals surface area contributed by atoms with E-state index in [2.05, 4.69) is 4.74 Å². The molecule has 0 spiro atoms. The van der Waals surface area contributed by atoms with E-state index in [1.54, 1.807) is 0 Å². The summed E-state index contributed by atoms with van der Waals surface area (Å²) in [6.07, 6.45) is 5.46. The fourth-order valence-electron chi connectivity index (χ4n) is 1.50. The first-order chi connectivity index (χ1) is 5.75. The summed E-state index contributed by atoms with van der Waals surface area (Å²) in [5.41, 5.74) is 7.02. The molecule has 68 valence electrons. The van der Waals surface area contributed by atoms with E-state index >= 15 is 0 Å². The van der Waals surface area contributed by atoms with Crippen LogP contribution in [0.2, 0.25) is 0 Å². The summed E-state index contributed by atoms with van der Waals surface area (Å²) in [5.74, 6) is -0.382. The van der Waals surface area contributed by atoms with E-state index < -0.39 is 0 Å². The Morgan fingerprint density at radius 1 is 1.33 bits per heavy atom. The molecule has 0 aliphatic heterocycles. The van der Waals surface area contributed by atoms with Gasteiger partial charge in [-0.15, -0.1) is 0 Å². The first-order valence-corrected chi connectivity index (χ1v) is 4.31. The van der Waals surface area contributed by atoms with Gasteiger partial charge in [0.05, 0.1) is 7.11 Å². The second-order valence-corrected chi connectivity index (χ2v) is 3.07. The third-order valence-electron chi connectivity index (χ3n) is 2.24. The zero-order valence-corrected chi connectivity index (χ0v) is 7.43. The number of hydrogen-bond donors (Lipinski definition) is 1. The van der Waals surface area contributed by atoms with Crippen LogP contribution in [0.1, 0.15) is 32.1 Å². The van der Waals surface area contributed by atoms with Gasteiger partial charge in [0.25, 0.3) is 0 Å². The van der Waals surface area contributed by atoms with Gasteiger partial charge in [-0.1, -0.05) is 6.42 Å². The van der Waals surface area contributed by atoms with Gasteiger partial charge in [-0.25, -0.2) is 4.79 Å². The van der Waals surface area contributed by atoms with Gasteiger partial charge in [-0.2, -0.15) is 0 Å². The average molecular weight is 169 g/mol. The molecule has 3 heteroatoms. The largest absolute Gasteiger partial charge is 0.464 e. The van der Waals surface area contributed by atoms with Crippen molar-refractivity contribution in [2.45, 2.75) is 32.1 Å². The van der Waals surface area contributed by atoms with Gasteiger partial charge in [0.15, 0.2) is 0 Å². The molecule has 3 nitrogen and oxygen atoms in total. The molecule has 1 aliphatic carbocycles. The molecule has 0 aromatic rings. The zero-order valence-electron chi connectivity index (χ0n) is 7.43. The van der Waals surface area contributed by atoms with Crippen LogP contribution >= 0.6 is 0 Å². The van der Waals surface area contributed by atoms with E-state index in [-0.39, 0.29) is 5.97 Å². The van der Waals surface area contributed by atoms with Gasteiger partial charge in [-0.3, -0.25) is 0 Å². The molecule has 1 aliphatic rings. The van der Waals surface area contributed by atoms with Crippen LogP contribution in [-0.2, 0) is 9.53 Å². The third-order valence-corrected chi connectivity index (χ3v) is 2.24. The molecule has 0 radical (unpaired) electrons. The third kappa shape index (κ3) is 2.00. The van der Waals surface area contributed by atoms with E-state index in [0.717, 1.165) is 31.3 Å². The van der Waals surface area contributed by atoms with Crippen molar-refractivity contribution < 1.29 is 9.53 Å². The lowest BCUT2D eigenvalue weighted by atomic mass is 9.93. The Bertz CT molecular complexity index is 201. The van der Waals surface area contributed by atoms with Crippen molar-refractivity contribution in [1.82, 2.24) is 0 Å². The Hall–Kier alpha value is -0.990. The predicted molar refractivity (Wildman–Crippen MR) is 46.3 cm³/mol. The maximum absolute atomic E-state index is 11.0. The summed E-state index contributed by atoms with van der Waals surface area (Å²) in [6, 6.07) is 0. The van der Waals surface area contributed by atoms with Crippen molar-refractivity contribution in [3.05, 3.63) is 11.3 Å². The van der Waals surface area contributed by atoms with E-state index in [0.29, 0.717) is 5.70 Å². The van der Waals surface area contributed by atoms with Crippen LogP contribution in [0.4, 0.5) is 0 Å². The van der Waals surface area contributed by atoms with Gasteiger partial charge < -0.3 is 10.5 Å². The Morgan fingerprint density at radius 2 is 1.92 bits per heavy atom. The number of nitrogens with two attached hydrogens (primary N) is 1. The van der Waals surface area contributed by atoms with Crippen molar-refractivity contribution in [1.29, 1.82) is 0 Å². The van der Waals surface area contributed by atoms with Gasteiger partial charge in [-0.05, 0) is 31.3 Å². The van der Waals surface area contributed by atoms with E-state index in [1.165, 1.54) is 13.5 Å². The van der Waals surface area contributed by atoms with Crippen molar-refractivity contribution in [3.8, 4) is 0 Å². The Morgan fingerprint density at radius 3 is 2.42 bits per heavy atom. The second-order valence-electron chi connectivity index (χ2n) is 3.07. The lowest BCUT2D eigenvalue weighted by Crippen LogP contribution is -2.17. The highest BCUT2D eigenvalue weighted by Crippen LogP contribution is 2.24. The molecule has 0 aromatic heterocycles. The number of hydrogen-bond acceptors (Lipinski definition) is 3. The smallest absolute Gasteiger partial charge is 0.353 e. The molecule has 1 rings (SSSR count). The summed E-state index contributed by atoms with van der Waals surface area (Å²) in [6.45, 7) is 0.